The third kappa shape index (κ3) is 3.10. The highest BCUT2D eigenvalue weighted by Gasteiger charge is 2.27. The SMILES string of the molecule is CNC(c1ccc(C(C)C)cc1OC)C1CCCN1. The molecule has 1 aliphatic rings. The summed E-state index contributed by atoms with van der Waals surface area (Å²) in [6.45, 7) is 5.54. The lowest BCUT2D eigenvalue weighted by molar-refractivity contribution is 0.382. The molecule has 1 aromatic rings. The molecule has 0 aliphatic carbocycles. The van der Waals surface area contributed by atoms with Gasteiger partial charge in [0.15, 0.2) is 0 Å². The molecular formula is C16H26N2O. The molecule has 0 aromatic heterocycles. The maximum Gasteiger partial charge on any atom is 0.123 e. The molecule has 19 heavy (non-hydrogen) atoms. The molecule has 0 spiro atoms. The Kier molecular flexibility index (Phi) is 4.83. The molecule has 3 heteroatoms. The van der Waals surface area contributed by atoms with E-state index in [0.717, 1.165) is 12.3 Å². The van der Waals surface area contributed by atoms with E-state index in [1.165, 1.54) is 24.0 Å². The number of nitrogens with one attached hydrogen (secondary N) is 2. The Hall–Kier alpha value is -1.06. The van der Waals surface area contributed by atoms with Gasteiger partial charge in [-0.25, -0.2) is 0 Å². The third-order valence-electron chi connectivity index (χ3n) is 4.07. The quantitative estimate of drug-likeness (QED) is 0.856. The minimum absolute atomic E-state index is 0.318. The summed E-state index contributed by atoms with van der Waals surface area (Å²) in [7, 11) is 3.79. The van der Waals surface area contributed by atoms with Gasteiger partial charge < -0.3 is 15.4 Å². The summed E-state index contributed by atoms with van der Waals surface area (Å²) in [5.41, 5.74) is 2.59. The van der Waals surface area contributed by atoms with Crippen LogP contribution in [-0.2, 0) is 0 Å². The van der Waals surface area contributed by atoms with Gasteiger partial charge in [0.2, 0.25) is 0 Å². The minimum atomic E-state index is 0.318. The molecule has 2 rings (SSSR count). The van der Waals surface area contributed by atoms with Crippen molar-refractivity contribution in [3.8, 4) is 5.75 Å². The van der Waals surface area contributed by atoms with E-state index in [9.17, 15) is 0 Å². The van der Waals surface area contributed by atoms with Crippen LogP contribution in [0.3, 0.4) is 0 Å². The van der Waals surface area contributed by atoms with Crippen molar-refractivity contribution < 1.29 is 4.74 Å². The highest BCUT2D eigenvalue weighted by molar-refractivity contribution is 5.41. The van der Waals surface area contributed by atoms with E-state index >= 15 is 0 Å². The number of hydrogen-bond acceptors (Lipinski definition) is 3. The molecule has 2 atom stereocenters. The van der Waals surface area contributed by atoms with Crippen molar-refractivity contribution in [3.05, 3.63) is 29.3 Å². The van der Waals surface area contributed by atoms with Gasteiger partial charge in [0.25, 0.3) is 0 Å². The van der Waals surface area contributed by atoms with E-state index in [0.29, 0.717) is 18.0 Å². The highest BCUT2D eigenvalue weighted by Crippen LogP contribution is 2.32. The van der Waals surface area contributed by atoms with Crippen LogP contribution in [0.5, 0.6) is 5.75 Å². The van der Waals surface area contributed by atoms with Gasteiger partial charge in [-0.15, -0.1) is 0 Å². The monoisotopic (exact) mass is 262 g/mol. The van der Waals surface area contributed by atoms with Gasteiger partial charge >= 0.3 is 0 Å². The molecule has 0 radical (unpaired) electrons. The maximum atomic E-state index is 5.61. The van der Waals surface area contributed by atoms with Crippen molar-refractivity contribution >= 4 is 0 Å². The molecular weight excluding hydrogens is 236 g/mol. The van der Waals surface area contributed by atoms with Crippen molar-refractivity contribution in [3.63, 3.8) is 0 Å². The van der Waals surface area contributed by atoms with E-state index in [1.54, 1.807) is 7.11 Å². The van der Waals surface area contributed by atoms with Crippen LogP contribution in [0.2, 0.25) is 0 Å². The molecule has 2 unspecified atom stereocenters. The Labute approximate surface area is 116 Å². The first-order valence-corrected chi connectivity index (χ1v) is 7.25. The predicted molar refractivity (Wildman–Crippen MR) is 79.9 cm³/mol. The number of benzene rings is 1. The first-order valence-electron chi connectivity index (χ1n) is 7.25. The number of ether oxygens (including phenoxy) is 1. The zero-order valence-corrected chi connectivity index (χ0v) is 12.5. The molecule has 1 aromatic carbocycles. The first kappa shape index (κ1) is 14.4. The zero-order valence-electron chi connectivity index (χ0n) is 12.5. The smallest absolute Gasteiger partial charge is 0.123 e. The van der Waals surface area contributed by atoms with Gasteiger partial charge in [0.05, 0.1) is 13.2 Å². The second kappa shape index (κ2) is 6.40. The summed E-state index contributed by atoms with van der Waals surface area (Å²) in [5, 5.41) is 7.02. The number of hydrogen-bond donors (Lipinski definition) is 2. The van der Waals surface area contributed by atoms with Gasteiger partial charge in [0.1, 0.15) is 5.75 Å². The van der Waals surface area contributed by atoms with E-state index in [-0.39, 0.29) is 0 Å². The molecule has 0 saturated carbocycles. The lowest BCUT2D eigenvalue weighted by atomic mass is 9.94. The summed E-state index contributed by atoms with van der Waals surface area (Å²) in [4.78, 5) is 0. The van der Waals surface area contributed by atoms with Gasteiger partial charge in [0, 0.05) is 11.6 Å². The summed E-state index contributed by atoms with van der Waals surface area (Å²) in [6.07, 6.45) is 2.48. The van der Waals surface area contributed by atoms with Crippen molar-refractivity contribution in [2.75, 3.05) is 20.7 Å². The molecule has 0 amide bonds. The molecule has 0 bridgehead atoms. The molecule has 1 saturated heterocycles. The summed E-state index contributed by atoms with van der Waals surface area (Å²) in [6, 6.07) is 7.44. The van der Waals surface area contributed by atoms with Crippen molar-refractivity contribution in [1.29, 1.82) is 0 Å². The van der Waals surface area contributed by atoms with Crippen LogP contribution in [0.25, 0.3) is 0 Å². The third-order valence-corrected chi connectivity index (χ3v) is 4.07. The van der Waals surface area contributed by atoms with Gasteiger partial charge in [-0.2, -0.15) is 0 Å². The van der Waals surface area contributed by atoms with Crippen LogP contribution < -0.4 is 15.4 Å². The Bertz CT molecular complexity index is 411. The number of likely N-dealkylation sites (N-methyl/N-ethyl adjacent to an activating group) is 1. The minimum Gasteiger partial charge on any atom is -0.496 e. The Balaban J connectivity index is 2.30. The average molecular weight is 262 g/mol. The van der Waals surface area contributed by atoms with Crippen LogP contribution in [-0.4, -0.2) is 26.7 Å². The van der Waals surface area contributed by atoms with Gasteiger partial charge in [-0.3, -0.25) is 0 Å². The lowest BCUT2D eigenvalue weighted by Crippen LogP contribution is -2.36. The van der Waals surface area contributed by atoms with E-state index in [2.05, 4.69) is 42.7 Å². The Morgan fingerprint density at radius 2 is 2.16 bits per heavy atom. The Morgan fingerprint density at radius 3 is 2.68 bits per heavy atom. The topological polar surface area (TPSA) is 33.3 Å². The van der Waals surface area contributed by atoms with Crippen molar-refractivity contribution in [2.45, 2.75) is 44.7 Å². The maximum absolute atomic E-state index is 5.61. The van der Waals surface area contributed by atoms with Crippen molar-refractivity contribution in [1.82, 2.24) is 10.6 Å². The fraction of sp³-hybridized carbons (Fsp3) is 0.625. The molecule has 1 aliphatic heterocycles. The molecule has 2 N–H and O–H groups in total. The van der Waals surface area contributed by atoms with Crippen LogP contribution in [0, 0.1) is 0 Å². The average Bonchev–Trinajstić information content (AvgIpc) is 2.93. The fourth-order valence-electron chi connectivity index (χ4n) is 2.91. The first-order chi connectivity index (χ1) is 9.17. The van der Waals surface area contributed by atoms with Gasteiger partial charge in [-0.05, 0) is 44.0 Å². The van der Waals surface area contributed by atoms with E-state index in [1.807, 2.05) is 7.05 Å². The second-order valence-corrected chi connectivity index (χ2v) is 5.63. The summed E-state index contributed by atoms with van der Waals surface area (Å²) < 4.78 is 5.61. The number of rotatable bonds is 5. The van der Waals surface area contributed by atoms with Crippen molar-refractivity contribution in [2.24, 2.45) is 0 Å². The fourth-order valence-corrected chi connectivity index (χ4v) is 2.91. The molecule has 106 valence electrons. The lowest BCUT2D eigenvalue weighted by Gasteiger charge is -2.26. The molecule has 1 fully saturated rings. The highest BCUT2D eigenvalue weighted by atomic mass is 16.5. The Morgan fingerprint density at radius 1 is 1.37 bits per heavy atom. The summed E-state index contributed by atoms with van der Waals surface area (Å²) >= 11 is 0. The normalized spacial score (nSPS) is 20.8. The van der Waals surface area contributed by atoms with Crippen LogP contribution in [0.1, 0.15) is 49.8 Å². The van der Waals surface area contributed by atoms with Gasteiger partial charge in [-0.1, -0.05) is 26.0 Å². The van der Waals surface area contributed by atoms with Crippen LogP contribution in [0.4, 0.5) is 0 Å². The molecule has 3 nitrogen and oxygen atoms in total. The van der Waals surface area contributed by atoms with Crippen LogP contribution >= 0.6 is 0 Å². The zero-order chi connectivity index (χ0) is 13.8. The largest absolute Gasteiger partial charge is 0.496 e. The van der Waals surface area contributed by atoms with E-state index in [4.69, 9.17) is 4.74 Å². The van der Waals surface area contributed by atoms with E-state index < -0.39 is 0 Å². The standard InChI is InChI=1S/C16H26N2O/c1-11(2)12-7-8-13(15(10-12)19-4)16(17-3)14-6-5-9-18-14/h7-8,10-11,14,16-18H,5-6,9H2,1-4H3. The summed E-state index contributed by atoms with van der Waals surface area (Å²) in [5.74, 6) is 1.53. The number of methoxy groups -OCH3 is 1. The molecule has 1 heterocycles. The predicted octanol–water partition coefficient (Wildman–Crippen LogP) is 2.83. The van der Waals surface area contributed by atoms with Crippen LogP contribution in [0.15, 0.2) is 18.2 Å². The second-order valence-electron chi connectivity index (χ2n) is 5.63.